The summed E-state index contributed by atoms with van der Waals surface area (Å²) in [6.07, 6.45) is 4.39. The molecule has 3 heterocycles. The van der Waals surface area contributed by atoms with Gasteiger partial charge in [0.1, 0.15) is 11.2 Å². The maximum atomic E-state index is 6.27. The van der Waals surface area contributed by atoms with Crippen LogP contribution in [0.25, 0.3) is 112 Å². The van der Waals surface area contributed by atoms with Crippen molar-refractivity contribution < 1.29 is 4.42 Å². The first-order chi connectivity index (χ1) is 33.9. The molecule has 0 aliphatic heterocycles. The van der Waals surface area contributed by atoms with E-state index in [4.69, 9.17) is 19.4 Å². The molecule has 70 heavy (non-hydrogen) atoms. The van der Waals surface area contributed by atoms with Crippen molar-refractivity contribution in [1.82, 2.24) is 19.5 Å². The van der Waals surface area contributed by atoms with Crippen molar-refractivity contribution in [2.24, 2.45) is 5.41 Å². The zero-order chi connectivity index (χ0) is 47.7. The van der Waals surface area contributed by atoms with Gasteiger partial charge >= 0.3 is 0 Å². The number of benzene rings is 7. The second kappa shape index (κ2) is 16.7. The van der Waals surface area contributed by atoms with Gasteiger partial charge in [-0.2, -0.15) is 0 Å². The number of para-hydroxylation sites is 1. The molecule has 12 rings (SSSR count). The molecular weight excluding hydrogens is 853 g/mol. The van der Waals surface area contributed by atoms with Crippen LogP contribution in [0.5, 0.6) is 0 Å². The van der Waals surface area contributed by atoms with Gasteiger partial charge in [-0.1, -0.05) is 181 Å². The van der Waals surface area contributed by atoms with Gasteiger partial charge in [-0.25, -0.2) is 15.0 Å². The van der Waals surface area contributed by atoms with Crippen LogP contribution in [0.15, 0.2) is 186 Å². The van der Waals surface area contributed by atoms with E-state index < -0.39 is 0 Å². The standard InChI is InChI=1S/C65H52N4O/c1-64(2,3)48-31-33-56-53(39-48)54-40-49(65(4,5)6)32-34-57(54)69(56)60-51(43-20-12-8-13-21-43)37-47(38-52(60)44-22-14-9-15-23-44)63-67-61(45-28-26-42(27-29-45)41-18-10-7-11-19-41)66-62(68-63)46-30-35-59-55(36-46)50-24-16-17-25-58(50)70-59/h7-14,16-22,24-31,33,35-40H,32,34H2,1-6H3. The Morgan fingerprint density at radius 3 is 1.83 bits per heavy atom. The number of nitrogens with zero attached hydrogens (tertiary/aromatic N) is 4. The summed E-state index contributed by atoms with van der Waals surface area (Å²) in [4.78, 5) is 16.0. The zero-order valence-electron chi connectivity index (χ0n) is 40.4. The van der Waals surface area contributed by atoms with Crippen molar-refractivity contribution in [2.75, 3.05) is 0 Å². The van der Waals surface area contributed by atoms with Gasteiger partial charge in [0.25, 0.3) is 0 Å². The minimum Gasteiger partial charge on any atom is -0.456 e. The van der Waals surface area contributed by atoms with E-state index in [1.54, 1.807) is 0 Å². The lowest BCUT2D eigenvalue weighted by atomic mass is 9.79. The number of hydrogen-bond donors (Lipinski definition) is 0. The Hall–Kier alpha value is -8.33. The number of hydrogen-bond acceptors (Lipinski definition) is 4. The number of rotatable bonds is 7. The normalized spacial score (nSPS) is 12.9. The fraction of sp³-hybridized carbons (Fsp3) is 0.154. The van der Waals surface area contributed by atoms with Gasteiger partial charge in [0.05, 0.1) is 11.2 Å². The molecule has 0 saturated carbocycles. The summed E-state index contributed by atoms with van der Waals surface area (Å²) in [5, 5.41) is 3.33. The van der Waals surface area contributed by atoms with E-state index in [2.05, 4.69) is 204 Å². The van der Waals surface area contributed by atoms with E-state index in [1.165, 1.54) is 33.3 Å². The highest BCUT2D eigenvalue weighted by Gasteiger charge is 2.30. The van der Waals surface area contributed by atoms with Crippen molar-refractivity contribution >= 4 is 38.9 Å². The summed E-state index contributed by atoms with van der Waals surface area (Å²) in [5.41, 5.74) is 18.4. The van der Waals surface area contributed by atoms with Crippen LogP contribution in [0.1, 0.15) is 64.8 Å². The van der Waals surface area contributed by atoms with Crippen LogP contribution in [0.4, 0.5) is 0 Å². The maximum absolute atomic E-state index is 6.27. The van der Waals surface area contributed by atoms with E-state index in [-0.39, 0.29) is 10.8 Å². The molecule has 1 aliphatic carbocycles. The maximum Gasteiger partial charge on any atom is 0.164 e. The Morgan fingerprint density at radius 1 is 0.486 bits per heavy atom. The van der Waals surface area contributed by atoms with Gasteiger partial charge in [-0.3, -0.25) is 0 Å². The van der Waals surface area contributed by atoms with Crippen LogP contribution >= 0.6 is 0 Å². The minimum atomic E-state index is -0.0184. The lowest BCUT2D eigenvalue weighted by Gasteiger charge is -2.28. The highest BCUT2D eigenvalue weighted by molar-refractivity contribution is 6.06. The molecule has 0 N–H and O–H groups in total. The van der Waals surface area contributed by atoms with Crippen molar-refractivity contribution in [3.8, 4) is 73.2 Å². The van der Waals surface area contributed by atoms with Gasteiger partial charge in [0.2, 0.25) is 0 Å². The molecule has 338 valence electrons. The van der Waals surface area contributed by atoms with Crippen LogP contribution < -0.4 is 0 Å². The summed E-state index contributed by atoms with van der Waals surface area (Å²) in [7, 11) is 0. The first-order valence-corrected chi connectivity index (χ1v) is 24.3. The smallest absolute Gasteiger partial charge is 0.164 e. The molecule has 0 spiro atoms. The number of allylic oxidation sites excluding steroid dienone is 1. The molecule has 0 radical (unpaired) electrons. The van der Waals surface area contributed by atoms with Crippen molar-refractivity contribution in [3.63, 3.8) is 0 Å². The highest BCUT2D eigenvalue weighted by Crippen LogP contribution is 2.47. The molecule has 0 saturated heterocycles. The lowest BCUT2D eigenvalue weighted by Crippen LogP contribution is -2.15. The monoisotopic (exact) mass is 904 g/mol. The molecule has 3 aromatic heterocycles. The molecule has 5 heteroatoms. The molecule has 11 aromatic rings. The second-order valence-electron chi connectivity index (χ2n) is 20.7. The Labute approximate surface area is 409 Å². The van der Waals surface area contributed by atoms with E-state index in [1.807, 2.05) is 36.4 Å². The number of aromatic nitrogens is 4. The van der Waals surface area contributed by atoms with Gasteiger partial charge in [-0.05, 0) is 107 Å². The SMILES string of the molecule is CC(C)(C)C1=Cc2c(n(-c3c(-c4c#cccc4)cc(-c4nc(-c5ccc(-c6ccccc6)cc5)nc(-c5ccc6oc7ccccc7c6c5)n4)cc3-c3ccccc3)c3ccc(C(C)(C)C)cc23)CC1. The Bertz CT molecular complexity index is 3750. The molecule has 0 atom stereocenters. The predicted molar refractivity (Wildman–Crippen MR) is 289 cm³/mol. The quantitative estimate of drug-likeness (QED) is 0.160. The number of fused-ring (bicyclic) bond motifs is 6. The average molecular weight is 905 g/mol. The topological polar surface area (TPSA) is 56.7 Å². The van der Waals surface area contributed by atoms with Crippen LogP contribution in [0.2, 0.25) is 0 Å². The van der Waals surface area contributed by atoms with Crippen LogP contribution in [-0.4, -0.2) is 19.5 Å². The Morgan fingerprint density at radius 2 is 1.11 bits per heavy atom. The molecule has 0 bridgehead atoms. The fourth-order valence-electron chi connectivity index (χ4n) is 10.2. The van der Waals surface area contributed by atoms with Crippen LogP contribution in [0, 0.1) is 17.5 Å². The third kappa shape index (κ3) is 7.67. The predicted octanol–water partition coefficient (Wildman–Crippen LogP) is 17.0. The largest absolute Gasteiger partial charge is 0.456 e. The number of furan rings is 1. The summed E-state index contributed by atoms with van der Waals surface area (Å²) in [6, 6.07) is 68.7. The van der Waals surface area contributed by atoms with Crippen molar-refractivity contribution in [3.05, 3.63) is 210 Å². The zero-order valence-corrected chi connectivity index (χ0v) is 40.4. The van der Waals surface area contributed by atoms with Gasteiger partial charge in [-0.15, -0.1) is 0 Å². The summed E-state index contributed by atoms with van der Waals surface area (Å²) < 4.78 is 8.82. The van der Waals surface area contributed by atoms with E-state index >= 15 is 0 Å². The molecular formula is C65H52N4O. The third-order valence-electron chi connectivity index (χ3n) is 14.0. The first kappa shape index (κ1) is 43.0. The van der Waals surface area contributed by atoms with Crippen molar-refractivity contribution in [2.45, 2.75) is 59.8 Å². The summed E-state index contributed by atoms with van der Waals surface area (Å²) >= 11 is 0. The summed E-state index contributed by atoms with van der Waals surface area (Å²) in [5.74, 6) is 1.73. The van der Waals surface area contributed by atoms with E-state index in [0.29, 0.717) is 17.5 Å². The Balaban J connectivity index is 1.14. The van der Waals surface area contributed by atoms with Crippen LogP contribution in [-0.2, 0) is 11.8 Å². The lowest BCUT2D eigenvalue weighted by molar-refractivity contribution is 0.483. The van der Waals surface area contributed by atoms with E-state index in [9.17, 15) is 0 Å². The molecule has 1 aliphatic rings. The van der Waals surface area contributed by atoms with E-state index in [0.717, 1.165) is 90.5 Å². The average Bonchev–Trinajstić information content (AvgIpc) is 3.93. The van der Waals surface area contributed by atoms with Gasteiger partial charge in [0.15, 0.2) is 17.5 Å². The van der Waals surface area contributed by atoms with Crippen LogP contribution in [0.3, 0.4) is 0 Å². The van der Waals surface area contributed by atoms with Gasteiger partial charge < -0.3 is 8.98 Å². The minimum absolute atomic E-state index is 0.0184. The molecule has 0 amide bonds. The van der Waals surface area contributed by atoms with Gasteiger partial charge in [0, 0.05) is 60.8 Å². The molecule has 5 nitrogen and oxygen atoms in total. The fourth-order valence-corrected chi connectivity index (χ4v) is 10.2. The summed E-state index contributed by atoms with van der Waals surface area (Å²) in [6.45, 7) is 13.9. The highest BCUT2D eigenvalue weighted by atomic mass is 16.3. The third-order valence-corrected chi connectivity index (χ3v) is 14.0. The molecule has 0 fully saturated rings. The molecule has 8 aromatic carbocycles. The van der Waals surface area contributed by atoms with Crippen molar-refractivity contribution in [1.29, 1.82) is 0 Å². The Kier molecular flexibility index (Phi) is 10.3. The molecule has 0 unspecified atom stereocenters. The first-order valence-electron chi connectivity index (χ1n) is 24.3. The second-order valence-corrected chi connectivity index (χ2v) is 20.7.